The maximum atomic E-state index is 11.9. The molecule has 0 aliphatic rings. The van der Waals surface area contributed by atoms with Gasteiger partial charge in [-0.05, 0) is 25.0 Å². The van der Waals surface area contributed by atoms with Gasteiger partial charge in [0, 0.05) is 12.2 Å². The summed E-state index contributed by atoms with van der Waals surface area (Å²) < 4.78 is 0. The van der Waals surface area contributed by atoms with Crippen molar-refractivity contribution in [2.75, 3.05) is 12.3 Å². The van der Waals surface area contributed by atoms with Gasteiger partial charge in [-0.25, -0.2) is 0 Å². The van der Waals surface area contributed by atoms with Gasteiger partial charge in [0.2, 0.25) is 0 Å². The molecule has 1 aromatic rings. The Bertz CT molecular complexity index is 354. The Morgan fingerprint density at radius 2 is 2.06 bits per heavy atom. The SMILES string of the molecule is CCCCCCNC(=O)c1c(C)cccc1N. The van der Waals surface area contributed by atoms with Crippen LogP contribution in [0.2, 0.25) is 0 Å². The normalized spacial score (nSPS) is 10.2. The third kappa shape index (κ3) is 4.10. The summed E-state index contributed by atoms with van der Waals surface area (Å²) in [6, 6.07) is 5.53. The fourth-order valence-corrected chi connectivity index (χ4v) is 1.84. The van der Waals surface area contributed by atoms with E-state index in [2.05, 4.69) is 12.2 Å². The smallest absolute Gasteiger partial charge is 0.253 e. The Labute approximate surface area is 103 Å². The summed E-state index contributed by atoms with van der Waals surface area (Å²) in [4.78, 5) is 11.9. The topological polar surface area (TPSA) is 55.1 Å². The van der Waals surface area contributed by atoms with Crippen LogP contribution in [-0.4, -0.2) is 12.5 Å². The minimum atomic E-state index is -0.0582. The van der Waals surface area contributed by atoms with Gasteiger partial charge in [0.25, 0.3) is 5.91 Å². The Morgan fingerprint density at radius 1 is 1.29 bits per heavy atom. The van der Waals surface area contributed by atoms with Crippen LogP contribution in [0.25, 0.3) is 0 Å². The van der Waals surface area contributed by atoms with Crippen LogP contribution < -0.4 is 11.1 Å². The van der Waals surface area contributed by atoms with E-state index in [1.165, 1.54) is 19.3 Å². The summed E-state index contributed by atoms with van der Waals surface area (Å²) >= 11 is 0. The highest BCUT2D eigenvalue weighted by Crippen LogP contribution is 2.15. The molecule has 0 saturated heterocycles. The predicted molar refractivity (Wildman–Crippen MR) is 72.1 cm³/mol. The molecule has 3 nitrogen and oxygen atoms in total. The van der Waals surface area contributed by atoms with Gasteiger partial charge in [-0.1, -0.05) is 38.3 Å². The molecule has 1 aromatic carbocycles. The largest absolute Gasteiger partial charge is 0.398 e. The molecule has 0 atom stereocenters. The molecule has 0 heterocycles. The van der Waals surface area contributed by atoms with Gasteiger partial charge in [0.05, 0.1) is 5.56 Å². The molecule has 0 bridgehead atoms. The van der Waals surface area contributed by atoms with Gasteiger partial charge in [0.15, 0.2) is 0 Å². The predicted octanol–water partition coefficient (Wildman–Crippen LogP) is 2.89. The van der Waals surface area contributed by atoms with Crippen LogP contribution in [0, 0.1) is 6.92 Å². The molecule has 0 fully saturated rings. The van der Waals surface area contributed by atoms with E-state index < -0.39 is 0 Å². The van der Waals surface area contributed by atoms with Crippen molar-refractivity contribution in [1.29, 1.82) is 0 Å². The monoisotopic (exact) mass is 234 g/mol. The van der Waals surface area contributed by atoms with E-state index >= 15 is 0 Å². The van der Waals surface area contributed by atoms with Gasteiger partial charge in [-0.2, -0.15) is 0 Å². The van der Waals surface area contributed by atoms with Crippen molar-refractivity contribution in [2.24, 2.45) is 0 Å². The molecule has 0 aliphatic heterocycles. The van der Waals surface area contributed by atoms with Crippen LogP contribution in [0.3, 0.4) is 0 Å². The van der Waals surface area contributed by atoms with Gasteiger partial charge in [-0.3, -0.25) is 4.79 Å². The number of carbonyl (C=O) groups is 1. The lowest BCUT2D eigenvalue weighted by Gasteiger charge is -2.09. The highest BCUT2D eigenvalue weighted by molar-refractivity contribution is 6.00. The summed E-state index contributed by atoms with van der Waals surface area (Å²) in [5.41, 5.74) is 7.91. The molecular weight excluding hydrogens is 212 g/mol. The Balaban J connectivity index is 2.47. The van der Waals surface area contributed by atoms with Crippen LogP contribution in [0.1, 0.15) is 48.5 Å². The van der Waals surface area contributed by atoms with Crippen LogP contribution >= 0.6 is 0 Å². The highest BCUT2D eigenvalue weighted by Gasteiger charge is 2.11. The number of aryl methyl sites for hydroxylation is 1. The maximum Gasteiger partial charge on any atom is 0.253 e. The second kappa shape index (κ2) is 6.94. The number of nitrogen functional groups attached to an aromatic ring is 1. The first kappa shape index (κ1) is 13.6. The molecule has 0 aliphatic carbocycles. The summed E-state index contributed by atoms with van der Waals surface area (Å²) in [7, 11) is 0. The fourth-order valence-electron chi connectivity index (χ4n) is 1.84. The summed E-state index contributed by atoms with van der Waals surface area (Å²) in [6.07, 6.45) is 4.63. The van der Waals surface area contributed by atoms with E-state index in [4.69, 9.17) is 5.73 Å². The average Bonchev–Trinajstić information content (AvgIpc) is 2.28. The quantitative estimate of drug-likeness (QED) is 0.587. The number of carbonyl (C=O) groups excluding carboxylic acids is 1. The molecular formula is C14H22N2O. The number of amides is 1. The second-order valence-electron chi connectivity index (χ2n) is 4.36. The highest BCUT2D eigenvalue weighted by atomic mass is 16.1. The van der Waals surface area contributed by atoms with E-state index in [0.717, 1.165) is 18.5 Å². The molecule has 0 unspecified atom stereocenters. The first-order chi connectivity index (χ1) is 8.16. The lowest BCUT2D eigenvalue weighted by atomic mass is 10.1. The van der Waals surface area contributed by atoms with Crippen molar-refractivity contribution in [3.63, 3.8) is 0 Å². The first-order valence-corrected chi connectivity index (χ1v) is 6.30. The number of rotatable bonds is 6. The summed E-state index contributed by atoms with van der Waals surface area (Å²) in [6.45, 7) is 4.81. The van der Waals surface area contributed by atoms with Crippen molar-refractivity contribution in [2.45, 2.75) is 39.5 Å². The van der Waals surface area contributed by atoms with Crippen molar-refractivity contribution >= 4 is 11.6 Å². The zero-order valence-electron chi connectivity index (χ0n) is 10.8. The number of anilines is 1. The van der Waals surface area contributed by atoms with Crippen molar-refractivity contribution in [3.05, 3.63) is 29.3 Å². The van der Waals surface area contributed by atoms with E-state index in [-0.39, 0.29) is 5.91 Å². The number of hydrogen-bond donors (Lipinski definition) is 2. The molecule has 1 rings (SSSR count). The van der Waals surface area contributed by atoms with E-state index in [0.29, 0.717) is 11.3 Å². The maximum absolute atomic E-state index is 11.9. The van der Waals surface area contributed by atoms with E-state index in [1.807, 2.05) is 19.1 Å². The average molecular weight is 234 g/mol. The number of nitrogens with one attached hydrogen (secondary N) is 1. The van der Waals surface area contributed by atoms with Crippen LogP contribution in [0.4, 0.5) is 5.69 Å². The fraction of sp³-hybridized carbons (Fsp3) is 0.500. The zero-order valence-corrected chi connectivity index (χ0v) is 10.8. The lowest BCUT2D eigenvalue weighted by Crippen LogP contribution is -2.26. The minimum absolute atomic E-state index is 0.0582. The van der Waals surface area contributed by atoms with Gasteiger partial charge >= 0.3 is 0 Å². The molecule has 0 spiro atoms. The molecule has 0 aromatic heterocycles. The molecule has 3 N–H and O–H groups in total. The Kier molecular flexibility index (Phi) is 5.53. The number of hydrogen-bond acceptors (Lipinski definition) is 2. The summed E-state index contributed by atoms with van der Waals surface area (Å²) in [5, 5.41) is 2.92. The number of nitrogens with two attached hydrogens (primary N) is 1. The van der Waals surface area contributed by atoms with Crippen molar-refractivity contribution in [1.82, 2.24) is 5.32 Å². The van der Waals surface area contributed by atoms with Crippen LogP contribution in [0.15, 0.2) is 18.2 Å². The lowest BCUT2D eigenvalue weighted by molar-refractivity contribution is 0.0953. The Morgan fingerprint density at radius 3 is 2.71 bits per heavy atom. The van der Waals surface area contributed by atoms with Gasteiger partial charge < -0.3 is 11.1 Å². The molecule has 94 valence electrons. The van der Waals surface area contributed by atoms with Crippen LogP contribution in [0.5, 0.6) is 0 Å². The third-order valence-corrected chi connectivity index (χ3v) is 2.85. The minimum Gasteiger partial charge on any atom is -0.398 e. The molecule has 0 radical (unpaired) electrons. The van der Waals surface area contributed by atoms with Crippen molar-refractivity contribution in [3.8, 4) is 0 Å². The van der Waals surface area contributed by atoms with Crippen LogP contribution in [-0.2, 0) is 0 Å². The van der Waals surface area contributed by atoms with E-state index in [9.17, 15) is 4.79 Å². The first-order valence-electron chi connectivity index (χ1n) is 6.30. The van der Waals surface area contributed by atoms with Gasteiger partial charge in [-0.15, -0.1) is 0 Å². The number of unbranched alkanes of at least 4 members (excludes halogenated alkanes) is 3. The molecule has 17 heavy (non-hydrogen) atoms. The van der Waals surface area contributed by atoms with E-state index in [1.54, 1.807) is 6.07 Å². The molecule has 1 amide bonds. The summed E-state index contributed by atoms with van der Waals surface area (Å²) in [5.74, 6) is -0.0582. The number of benzene rings is 1. The molecule has 0 saturated carbocycles. The second-order valence-corrected chi connectivity index (χ2v) is 4.36. The Hall–Kier alpha value is -1.51. The zero-order chi connectivity index (χ0) is 12.7. The standard InChI is InChI=1S/C14H22N2O/c1-3-4-5-6-10-16-14(17)13-11(2)8-7-9-12(13)15/h7-9H,3-6,10,15H2,1-2H3,(H,16,17). The third-order valence-electron chi connectivity index (χ3n) is 2.85. The van der Waals surface area contributed by atoms with Crippen molar-refractivity contribution < 1.29 is 4.79 Å². The van der Waals surface area contributed by atoms with Gasteiger partial charge in [0.1, 0.15) is 0 Å². The molecule has 3 heteroatoms.